The third-order valence-corrected chi connectivity index (χ3v) is 9.92. The topological polar surface area (TPSA) is 102 Å². The Morgan fingerprint density at radius 2 is 1.98 bits per heavy atom. The number of anilines is 1. The molecule has 226 valence electrons. The van der Waals surface area contributed by atoms with Gasteiger partial charge < -0.3 is 14.6 Å². The van der Waals surface area contributed by atoms with E-state index < -0.39 is 17.7 Å². The summed E-state index contributed by atoms with van der Waals surface area (Å²) < 4.78 is 12.2. The Bertz CT molecular complexity index is 1790. The molecule has 4 aromatic rings. The number of aliphatic hydroxyl groups excluding tert-OH is 1. The maximum Gasteiger partial charge on any atom is 0.301 e. The van der Waals surface area contributed by atoms with Crippen molar-refractivity contribution in [1.82, 2.24) is 10.2 Å². The fraction of sp³-hybridized carbons (Fsp3) is 0.250. The highest BCUT2D eigenvalue weighted by atomic mass is 35.5. The fourth-order valence-electron chi connectivity index (χ4n) is 5.20. The molecule has 3 aromatic carbocycles. The van der Waals surface area contributed by atoms with Crippen molar-refractivity contribution < 1.29 is 24.2 Å². The number of Topliss-reactive ketones (excluding diaryl/α,β-unsaturated/α-hetero) is 1. The Kier molecular flexibility index (Phi) is 8.87. The van der Waals surface area contributed by atoms with Crippen LogP contribution in [0.25, 0.3) is 5.76 Å². The first-order valence-corrected chi connectivity index (χ1v) is 16.5. The molecule has 1 aromatic heterocycles. The molecule has 0 bridgehead atoms. The number of ether oxygens (including phenoxy) is 2. The standard InChI is InChI=1S/C32H27Cl2N3O5S2/c1-3-11-41-23-6-4-5-18(14-23)27-26(28(38)19-8-10-25-21(13-19)12-17(2)42-25)29(39)30(40)37(27)31-35-36-32(44-31)43-16-20-7-9-22(33)15-24(20)34/h4-10,13-15,17,27,38H,3,11-12,16H2,1-2H3. The van der Waals surface area contributed by atoms with Crippen molar-refractivity contribution >= 4 is 68.9 Å². The molecule has 1 saturated heterocycles. The molecular formula is C32H27Cl2N3O5S2. The van der Waals surface area contributed by atoms with Crippen LogP contribution in [0.2, 0.25) is 10.0 Å². The molecule has 0 aliphatic carbocycles. The summed E-state index contributed by atoms with van der Waals surface area (Å²) in [6.07, 6.45) is 1.51. The van der Waals surface area contributed by atoms with E-state index in [1.54, 1.807) is 48.5 Å². The van der Waals surface area contributed by atoms with Crippen molar-refractivity contribution in [3.63, 3.8) is 0 Å². The number of carbonyl (C=O) groups excluding carboxylic acids is 2. The van der Waals surface area contributed by atoms with Gasteiger partial charge in [-0.3, -0.25) is 14.5 Å². The molecule has 2 unspecified atom stereocenters. The van der Waals surface area contributed by atoms with E-state index in [1.165, 1.54) is 28.0 Å². The van der Waals surface area contributed by atoms with E-state index in [2.05, 4.69) is 10.2 Å². The molecule has 0 saturated carbocycles. The molecule has 2 aliphatic heterocycles. The number of aliphatic hydroxyl groups is 1. The van der Waals surface area contributed by atoms with E-state index in [9.17, 15) is 14.7 Å². The molecule has 12 heteroatoms. The number of benzene rings is 3. The largest absolute Gasteiger partial charge is 0.507 e. The maximum absolute atomic E-state index is 13.7. The lowest BCUT2D eigenvalue weighted by Gasteiger charge is -2.23. The lowest BCUT2D eigenvalue weighted by molar-refractivity contribution is -0.132. The molecule has 0 radical (unpaired) electrons. The second-order valence-corrected chi connectivity index (χ2v) is 13.4. The molecular weight excluding hydrogens is 641 g/mol. The van der Waals surface area contributed by atoms with E-state index in [0.717, 1.165) is 23.3 Å². The highest BCUT2D eigenvalue weighted by Crippen LogP contribution is 2.45. The first kappa shape index (κ1) is 30.5. The average Bonchev–Trinajstić information content (AvgIpc) is 3.70. The summed E-state index contributed by atoms with van der Waals surface area (Å²) in [5.41, 5.74) is 2.78. The van der Waals surface area contributed by atoms with E-state index in [1.807, 2.05) is 26.0 Å². The van der Waals surface area contributed by atoms with Crippen LogP contribution in [0, 0.1) is 0 Å². The van der Waals surface area contributed by atoms with Gasteiger partial charge in [0.2, 0.25) is 5.13 Å². The Labute approximate surface area is 272 Å². The SMILES string of the molecule is CCCOc1cccc(C2C(=C(O)c3ccc4c(c3)CC(C)O4)C(=O)C(=O)N2c2nnc(SCc3ccc(Cl)cc3Cl)s2)c1. The Morgan fingerprint density at radius 1 is 1.14 bits per heavy atom. The first-order valence-electron chi connectivity index (χ1n) is 14.0. The minimum atomic E-state index is -0.958. The molecule has 1 fully saturated rings. The summed E-state index contributed by atoms with van der Waals surface area (Å²) in [6, 6.07) is 16.8. The zero-order valence-electron chi connectivity index (χ0n) is 23.8. The predicted molar refractivity (Wildman–Crippen MR) is 173 cm³/mol. The van der Waals surface area contributed by atoms with Gasteiger partial charge in [0.05, 0.1) is 18.2 Å². The first-order chi connectivity index (χ1) is 21.2. The van der Waals surface area contributed by atoms with Crippen LogP contribution in [-0.4, -0.2) is 39.7 Å². The molecule has 0 spiro atoms. The van der Waals surface area contributed by atoms with Crippen LogP contribution in [0.3, 0.4) is 0 Å². The van der Waals surface area contributed by atoms with E-state index in [4.69, 9.17) is 32.7 Å². The van der Waals surface area contributed by atoms with Crippen molar-refractivity contribution in [2.75, 3.05) is 11.5 Å². The quantitative estimate of drug-likeness (QED) is 0.0632. The number of nitrogens with zero attached hydrogens (tertiary/aromatic N) is 3. The number of ketones is 1. The highest BCUT2D eigenvalue weighted by molar-refractivity contribution is 8.00. The lowest BCUT2D eigenvalue weighted by atomic mass is 9.94. The van der Waals surface area contributed by atoms with Crippen LogP contribution in [0.15, 0.2) is 70.6 Å². The van der Waals surface area contributed by atoms with Crippen molar-refractivity contribution in [3.8, 4) is 11.5 Å². The monoisotopic (exact) mass is 667 g/mol. The lowest BCUT2D eigenvalue weighted by Crippen LogP contribution is -2.29. The molecule has 2 aliphatic rings. The van der Waals surface area contributed by atoms with Crippen LogP contribution in [-0.2, 0) is 21.8 Å². The van der Waals surface area contributed by atoms with E-state index in [0.29, 0.717) is 50.0 Å². The van der Waals surface area contributed by atoms with Gasteiger partial charge in [-0.2, -0.15) is 0 Å². The second kappa shape index (κ2) is 12.8. The van der Waals surface area contributed by atoms with Crippen LogP contribution >= 0.6 is 46.3 Å². The van der Waals surface area contributed by atoms with Crippen molar-refractivity contribution in [2.24, 2.45) is 0 Å². The number of hydrogen-bond donors (Lipinski definition) is 1. The fourth-order valence-corrected chi connectivity index (χ4v) is 7.63. The van der Waals surface area contributed by atoms with Gasteiger partial charge in [-0.15, -0.1) is 10.2 Å². The van der Waals surface area contributed by atoms with Gasteiger partial charge in [-0.1, -0.05) is 71.4 Å². The smallest absolute Gasteiger partial charge is 0.301 e. The number of carbonyl (C=O) groups is 2. The number of rotatable bonds is 9. The third kappa shape index (κ3) is 6.04. The number of fused-ring (bicyclic) bond motifs is 1. The van der Waals surface area contributed by atoms with Gasteiger partial charge in [0.1, 0.15) is 23.4 Å². The molecule has 1 N–H and O–H groups in total. The average molecular weight is 669 g/mol. The minimum Gasteiger partial charge on any atom is -0.507 e. The highest BCUT2D eigenvalue weighted by Gasteiger charge is 2.48. The number of halogens is 2. The third-order valence-electron chi connectivity index (χ3n) is 7.23. The summed E-state index contributed by atoms with van der Waals surface area (Å²) in [6.45, 7) is 4.48. The van der Waals surface area contributed by atoms with E-state index in [-0.39, 0.29) is 22.6 Å². The van der Waals surface area contributed by atoms with Crippen molar-refractivity contribution in [1.29, 1.82) is 0 Å². The van der Waals surface area contributed by atoms with Crippen LogP contribution < -0.4 is 14.4 Å². The molecule has 2 atom stereocenters. The molecule has 6 rings (SSSR count). The number of hydrogen-bond acceptors (Lipinski definition) is 9. The van der Waals surface area contributed by atoms with Crippen LogP contribution in [0.5, 0.6) is 11.5 Å². The summed E-state index contributed by atoms with van der Waals surface area (Å²) in [4.78, 5) is 28.7. The minimum absolute atomic E-state index is 0.0130. The van der Waals surface area contributed by atoms with Gasteiger partial charge in [0.25, 0.3) is 5.78 Å². The van der Waals surface area contributed by atoms with Gasteiger partial charge in [0, 0.05) is 27.8 Å². The number of aromatic nitrogens is 2. The number of thioether (sulfide) groups is 1. The van der Waals surface area contributed by atoms with Gasteiger partial charge >= 0.3 is 5.91 Å². The van der Waals surface area contributed by atoms with E-state index >= 15 is 0 Å². The van der Waals surface area contributed by atoms with Gasteiger partial charge in [-0.05, 0) is 72.5 Å². The van der Waals surface area contributed by atoms with Crippen LogP contribution in [0.4, 0.5) is 5.13 Å². The van der Waals surface area contributed by atoms with Crippen LogP contribution in [0.1, 0.15) is 48.6 Å². The van der Waals surface area contributed by atoms with Gasteiger partial charge in [-0.25, -0.2) is 0 Å². The molecule has 8 nitrogen and oxygen atoms in total. The number of amides is 1. The predicted octanol–water partition coefficient (Wildman–Crippen LogP) is 7.88. The summed E-state index contributed by atoms with van der Waals surface area (Å²) >= 11 is 14.9. The zero-order valence-corrected chi connectivity index (χ0v) is 26.9. The summed E-state index contributed by atoms with van der Waals surface area (Å²) in [5.74, 6) is -0.0466. The molecule has 3 heterocycles. The Morgan fingerprint density at radius 3 is 2.77 bits per heavy atom. The summed E-state index contributed by atoms with van der Waals surface area (Å²) in [5, 5.41) is 21.5. The molecule has 1 amide bonds. The van der Waals surface area contributed by atoms with Crippen molar-refractivity contribution in [2.45, 2.75) is 48.9 Å². The summed E-state index contributed by atoms with van der Waals surface area (Å²) in [7, 11) is 0. The Balaban J connectivity index is 1.39. The normalized spacial score (nSPS) is 18.9. The van der Waals surface area contributed by atoms with Gasteiger partial charge in [0.15, 0.2) is 4.34 Å². The second-order valence-electron chi connectivity index (χ2n) is 10.4. The zero-order chi connectivity index (χ0) is 31.0. The maximum atomic E-state index is 13.7. The Hall–Kier alpha value is -3.57. The molecule has 44 heavy (non-hydrogen) atoms. The van der Waals surface area contributed by atoms with Crippen molar-refractivity contribution in [3.05, 3.63) is 98.5 Å².